The largest absolute Gasteiger partial charge is 0.497 e. The maximum absolute atomic E-state index is 5.44. The fourth-order valence-corrected chi connectivity index (χ4v) is 3.24. The van der Waals surface area contributed by atoms with Crippen molar-refractivity contribution in [1.29, 1.82) is 0 Å². The summed E-state index contributed by atoms with van der Waals surface area (Å²) in [7, 11) is 3.39. The third-order valence-corrected chi connectivity index (χ3v) is 4.45. The van der Waals surface area contributed by atoms with E-state index in [-0.39, 0.29) is 0 Å². The molecule has 24 heavy (non-hydrogen) atoms. The van der Waals surface area contributed by atoms with Crippen LogP contribution in [0.5, 0.6) is 11.5 Å². The van der Waals surface area contributed by atoms with Crippen LogP contribution in [-0.4, -0.2) is 14.2 Å². The first kappa shape index (κ1) is 14.6. The Hall–Kier alpha value is -3.00. The first-order valence-electron chi connectivity index (χ1n) is 7.94. The van der Waals surface area contributed by atoms with Gasteiger partial charge in [-0.05, 0) is 63.0 Å². The van der Waals surface area contributed by atoms with Gasteiger partial charge in [0.1, 0.15) is 11.5 Å². The van der Waals surface area contributed by atoms with Crippen molar-refractivity contribution in [3.63, 3.8) is 0 Å². The van der Waals surface area contributed by atoms with Gasteiger partial charge >= 0.3 is 0 Å². The lowest BCUT2D eigenvalue weighted by atomic mass is 9.92. The second-order valence-corrected chi connectivity index (χ2v) is 5.79. The summed E-state index contributed by atoms with van der Waals surface area (Å²) in [4.78, 5) is 0. The molecule has 4 rings (SSSR count). The second kappa shape index (κ2) is 5.89. The van der Waals surface area contributed by atoms with Gasteiger partial charge in [0, 0.05) is 0 Å². The molecule has 0 amide bonds. The second-order valence-electron chi connectivity index (χ2n) is 5.79. The van der Waals surface area contributed by atoms with E-state index in [9.17, 15) is 0 Å². The van der Waals surface area contributed by atoms with E-state index < -0.39 is 0 Å². The summed E-state index contributed by atoms with van der Waals surface area (Å²) in [5.74, 6) is 1.73. The van der Waals surface area contributed by atoms with E-state index in [1.807, 2.05) is 18.2 Å². The fraction of sp³-hybridized carbons (Fsp3) is 0.0909. The molecule has 0 fully saturated rings. The van der Waals surface area contributed by atoms with E-state index in [4.69, 9.17) is 9.47 Å². The number of hydrogen-bond acceptors (Lipinski definition) is 2. The zero-order chi connectivity index (χ0) is 16.5. The highest BCUT2D eigenvalue weighted by atomic mass is 16.5. The lowest BCUT2D eigenvalue weighted by molar-refractivity contribution is 0.415. The van der Waals surface area contributed by atoms with Gasteiger partial charge < -0.3 is 9.47 Å². The number of rotatable bonds is 3. The summed E-state index contributed by atoms with van der Waals surface area (Å²) in [5, 5.41) is 4.88. The van der Waals surface area contributed by atoms with Crippen LogP contribution in [0.4, 0.5) is 0 Å². The molecule has 0 atom stereocenters. The topological polar surface area (TPSA) is 18.5 Å². The lowest BCUT2D eigenvalue weighted by Gasteiger charge is -2.13. The van der Waals surface area contributed by atoms with E-state index in [2.05, 4.69) is 54.6 Å². The van der Waals surface area contributed by atoms with Gasteiger partial charge in [0.2, 0.25) is 0 Å². The van der Waals surface area contributed by atoms with E-state index >= 15 is 0 Å². The summed E-state index contributed by atoms with van der Waals surface area (Å²) in [5.41, 5.74) is 2.40. The van der Waals surface area contributed by atoms with Crippen molar-refractivity contribution < 1.29 is 9.47 Å². The monoisotopic (exact) mass is 314 g/mol. The Morgan fingerprint density at radius 3 is 2.00 bits per heavy atom. The van der Waals surface area contributed by atoms with Gasteiger partial charge in [0.15, 0.2) is 0 Å². The van der Waals surface area contributed by atoms with Crippen molar-refractivity contribution in [1.82, 2.24) is 0 Å². The Kier molecular flexibility index (Phi) is 3.58. The normalized spacial score (nSPS) is 10.9. The predicted octanol–water partition coefficient (Wildman–Crippen LogP) is 5.68. The summed E-state index contributed by atoms with van der Waals surface area (Å²) in [6, 6.07) is 25.2. The number of hydrogen-bond donors (Lipinski definition) is 0. The molecule has 118 valence electrons. The van der Waals surface area contributed by atoms with E-state index in [1.165, 1.54) is 32.7 Å². The number of methoxy groups -OCH3 is 2. The van der Waals surface area contributed by atoms with E-state index in [0.717, 1.165) is 11.5 Å². The molecule has 0 saturated carbocycles. The molecule has 4 aromatic rings. The van der Waals surface area contributed by atoms with Gasteiger partial charge in [0.25, 0.3) is 0 Å². The van der Waals surface area contributed by atoms with Crippen LogP contribution in [0.25, 0.3) is 32.7 Å². The molecule has 0 radical (unpaired) electrons. The Morgan fingerprint density at radius 1 is 0.583 bits per heavy atom. The van der Waals surface area contributed by atoms with Crippen molar-refractivity contribution in [2.45, 2.75) is 0 Å². The van der Waals surface area contributed by atoms with Crippen LogP contribution >= 0.6 is 0 Å². The summed E-state index contributed by atoms with van der Waals surface area (Å²) in [6.45, 7) is 0. The predicted molar refractivity (Wildman–Crippen MR) is 100.0 cm³/mol. The molecule has 0 unspecified atom stereocenters. The van der Waals surface area contributed by atoms with Crippen molar-refractivity contribution in [2.24, 2.45) is 0 Å². The molecular weight excluding hydrogens is 296 g/mol. The molecule has 2 heteroatoms. The first-order chi connectivity index (χ1) is 11.8. The molecule has 0 aromatic heterocycles. The SMILES string of the molecule is COc1ccc(-c2c3ccccc3cc3ccc(OC)cc23)cc1. The summed E-state index contributed by atoms with van der Waals surface area (Å²) < 4.78 is 10.7. The molecule has 0 aliphatic rings. The van der Waals surface area contributed by atoms with Crippen molar-refractivity contribution in [3.8, 4) is 22.6 Å². The van der Waals surface area contributed by atoms with Gasteiger partial charge in [-0.2, -0.15) is 0 Å². The minimum atomic E-state index is 0.862. The average molecular weight is 314 g/mol. The average Bonchev–Trinajstić information content (AvgIpc) is 2.65. The van der Waals surface area contributed by atoms with Crippen molar-refractivity contribution in [3.05, 3.63) is 72.8 Å². The highest BCUT2D eigenvalue weighted by molar-refractivity contribution is 6.12. The summed E-state index contributed by atoms with van der Waals surface area (Å²) in [6.07, 6.45) is 0. The van der Waals surface area contributed by atoms with Gasteiger partial charge in [-0.1, -0.05) is 42.5 Å². The zero-order valence-corrected chi connectivity index (χ0v) is 13.7. The van der Waals surface area contributed by atoms with Gasteiger partial charge in [-0.3, -0.25) is 0 Å². The van der Waals surface area contributed by atoms with Crippen LogP contribution in [0.1, 0.15) is 0 Å². The van der Waals surface area contributed by atoms with Crippen LogP contribution in [0.3, 0.4) is 0 Å². The third kappa shape index (κ3) is 2.37. The van der Waals surface area contributed by atoms with Crippen LogP contribution in [0, 0.1) is 0 Å². The Balaban J connectivity index is 2.10. The Morgan fingerprint density at radius 2 is 1.25 bits per heavy atom. The maximum atomic E-state index is 5.44. The molecule has 0 heterocycles. The highest BCUT2D eigenvalue weighted by Crippen LogP contribution is 2.38. The minimum absolute atomic E-state index is 0.862. The fourth-order valence-electron chi connectivity index (χ4n) is 3.24. The van der Waals surface area contributed by atoms with Crippen molar-refractivity contribution in [2.75, 3.05) is 14.2 Å². The Labute approximate surface area is 141 Å². The zero-order valence-electron chi connectivity index (χ0n) is 13.7. The standard InChI is InChI=1S/C22H18O2/c1-23-18-10-7-15(8-11-18)22-20-6-4-3-5-16(20)13-17-9-12-19(24-2)14-21(17)22/h3-14H,1-2H3. The van der Waals surface area contributed by atoms with Crippen molar-refractivity contribution >= 4 is 21.5 Å². The van der Waals surface area contributed by atoms with Crippen LogP contribution in [-0.2, 0) is 0 Å². The lowest BCUT2D eigenvalue weighted by Crippen LogP contribution is -1.88. The first-order valence-corrected chi connectivity index (χ1v) is 7.94. The minimum Gasteiger partial charge on any atom is -0.497 e. The number of benzene rings is 4. The van der Waals surface area contributed by atoms with Gasteiger partial charge in [0.05, 0.1) is 14.2 Å². The van der Waals surface area contributed by atoms with Crippen LogP contribution < -0.4 is 9.47 Å². The summed E-state index contributed by atoms with van der Waals surface area (Å²) >= 11 is 0. The molecule has 0 saturated heterocycles. The van der Waals surface area contributed by atoms with Gasteiger partial charge in [-0.25, -0.2) is 0 Å². The molecular formula is C22H18O2. The Bertz CT molecular complexity index is 1020. The quantitative estimate of drug-likeness (QED) is 0.453. The molecule has 0 spiro atoms. The van der Waals surface area contributed by atoms with Crippen LogP contribution in [0.15, 0.2) is 72.8 Å². The molecule has 0 bridgehead atoms. The molecule has 0 aliphatic carbocycles. The molecule has 4 aromatic carbocycles. The molecule has 2 nitrogen and oxygen atoms in total. The molecule has 0 N–H and O–H groups in total. The van der Waals surface area contributed by atoms with Gasteiger partial charge in [-0.15, -0.1) is 0 Å². The van der Waals surface area contributed by atoms with Crippen LogP contribution in [0.2, 0.25) is 0 Å². The van der Waals surface area contributed by atoms with E-state index in [1.54, 1.807) is 14.2 Å². The number of fused-ring (bicyclic) bond motifs is 2. The molecule has 0 aliphatic heterocycles. The maximum Gasteiger partial charge on any atom is 0.119 e. The van der Waals surface area contributed by atoms with E-state index in [0.29, 0.717) is 0 Å². The smallest absolute Gasteiger partial charge is 0.119 e. The third-order valence-electron chi connectivity index (χ3n) is 4.45. The highest BCUT2D eigenvalue weighted by Gasteiger charge is 2.11. The number of ether oxygens (including phenoxy) is 2.